The Kier molecular flexibility index (Phi) is 4.39. The summed E-state index contributed by atoms with van der Waals surface area (Å²) in [5.74, 6) is 5.27. The van der Waals surface area contributed by atoms with Crippen LogP contribution in [0, 0.1) is 5.92 Å². The zero-order chi connectivity index (χ0) is 18.3. The van der Waals surface area contributed by atoms with Gasteiger partial charge in [-0.2, -0.15) is 10.2 Å². The van der Waals surface area contributed by atoms with E-state index in [1.807, 2.05) is 24.3 Å². The van der Waals surface area contributed by atoms with Gasteiger partial charge in [-0.1, -0.05) is 23.7 Å². The quantitative estimate of drug-likeness (QED) is 0.397. The molecule has 1 aliphatic carbocycles. The number of rotatable bonds is 3. The number of nitrogens with two attached hydrogens (primary N) is 1. The lowest BCUT2D eigenvalue weighted by molar-refractivity contribution is 0.00518. The highest BCUT2D eigenvalue weighted by molar-refractivity contribution is 6.30. The van der Waals surface area contributed by atoms with E-state index in [1.165, 1.54) is 6.33 Å². The first-order valence-electron chi connectivity index (χ1n) is 8.34. The number of benzene rings is 1. The monoisotopic (exact) mass is 374 g/mol. The smallest absolute Gasteiger partial charge is 0.185 e. The average Bonchev–Trinajstić information content (AvgIpc) is 3.20. The van der Waals surface area contributed by atoms with Gasteiger partial charge in [-0.15, -0.1) is 0 Å². The van der Waals surface area contributed by atoms with Crippen molar-refractivity contribution in [2.24, 2.45) is 16.9 Å². The molecule has 1 saturated carbocycles. The number of halogens is 1. The van der Waals surface area contributed by atoms with Crippen LogP contribution in [0.5, 0.6) is 0 Å². The molecule has 2 aromatic heterocycles. The summed E-state index contributed by atoms with van der Waals surface area (Å²) in [6, 6.07) is 7.17. The molecule has 0 aliphatic heterocycles. The van der Waals surface area contributed by atoms with E-state index in [0.717, 1.165) is 5.56 Å². The molecule has 8 nitrogen and oxygen atoms in total. The number of aliphatic hydroxyl groups is 2. The van der Waals surface area contributed by atoms with Gasteiger partial charge in [0, 0.05) is 5.02 Å². The molecule has 0 bridgehead atoms. The number of hydrogen-bond acceptors (Lipinski definition) is 6. The van der Waals surface area contributed by atoms with Gasteiger partial charge in [0.1, 0.15) is 11.8 Å². The van der Waals surface area contributed by atoms with Gasteiger partial charge in [-0.3, -0.25) is 0 Å². The van der Waals surface area contributed by atoms with Gasteiger partial charge in [0.25, 0.3) is 0 Å². The van der Waals surface area contributed by atoms with Crippen LogP contribution in [0.1, 0.15) is 18.0 Å². The van der Waals surface area contributed by atoms with E-state index in [0.29, 0.717) is 34.4 Å². The molecule has 0 saturated heterocycles. The minimum atomic E-state index is -0.921. The third-order valence-electron chi connectivity index (χ3n) is 5.04. The predicted octanol–water partition coefficient (Wildman–Crippen LogP) is 0.713. The first-order chi connectivity index (χ1) is 12.6. The molecule has 26 heavy (non-hydrogen) atoms. The number of fused-ring (bicyclic) bond motifs is 1. The summed E-state index contributed by atoms with van der Waals surface area (Å²) in [4.78, 5) is 7.08. The second kappa shape index (κ2) is 6.71. The summed E-state index contributed by atoms with van der Waals surface area (Å²) >= 11 is 5.92. The molecular formula is C17H19ClN6O2. The Morgan fingerprint density at radius 2 is 2.04 bits per heavy atom. The van der Waals surface area contributed by atoms with Crippen molar-refractivity contribution >= 4 is 22.6 Å². The molecule has 1 aromatic carbocycles. The van der Waals surface area contributed by atoms with E-state index in [2.05, 4.69) is 20.2 Å². The van der Waals surface area contributed by atoms with Crippen molar-refractivity contribution in [2.75, 3.05) is 0 Å². The number of aromatic amines is 1. The fourth-order valence-electron chi connectivity index (χ4n) is 3.72. The van der Waals surface area contributed by atoms with Gasteiger partial charge in [-0.05, 0) is 36.5 Å². The Balaban J connectivity index is 1.63. The Bertz CT molecular complexity index is 983. The van der Waals surface area contributed by atoms with Crippen LogP contribution in [-0.4, -0.2) is 42.2 Å². The number of aromatic nitrogens is 4. The molecule has 3 aromatic rings. The Morgan fingerprint density at radius 3 is 2.77 bits per heavy atom. The zero-order valence-electron chi connectivity index (χ0n) is 13.8. The highest BCUT2D eigenvalue weighted by atomic mass is 35.5. The van der Waals surface area contributed by atoms with Gasteiger partial charge in [-0.25, -0.2) is 9.67 Å². The van der Waals surface area contributed by atoms with Crippen molar-refractivity contribution in [3.8, 4) is 0 Å². The maximum absolute atomic E-state index is 10.6. The fourth-order valence-corrected chi connectivity index (χ4v) is 3.84. The van der Waals surface area contributed by atoms with E-state index in [4.69, 9.17) is 17.4 Å². The topological polar surface area (TPSA) is 125 Å². The van der Waals surface area contributed by atoms with E-state index in [-0.39, 0.29) is 12.0 Å². The molecule has 2 heterocycles. The molecular weight excluding hydrogens is 356 g/mol. The number of hydrogen-bond donors (Lipinski definition) is 4. The molecule has 1 fully saturated rings. The molecule has 0 radical (unpaired) electrons. The third-order valence-corrected chi connectivity index (χ3v) is 5.30. The number of H-pyrrole nitrogens is 1. The van der Waals surface area contributed by atoms with Crippen molar-refractivity contribution in [2.45, 2.75) is 31.1 Å². The minimum Gasteiger partial charge on any atom is -0.390 e. The van der Waals surface area contributed by atoms with Gasteiger partial charge in [0.15, 0.2) is 5.49 Å². The first kappa shape index (κ1) is 17.0. The summed E-state index contributed by atoms with van der Waals surface area (Å²) in [6.07, 6.45) is 2.57. The molecule has 4 rings (SSSR count). The molecule has 5 N–H and O–H groups in total. The van der Waals surface area contributed by atoms with E-state index < -0.39 is 12.2 Å². The number of nitrogens with zero attached hydrogens (tertiary/aromatic N) is 4. The molecule has 0 unspecified atom stereocenters. The standard InChI is InChI=1S/C17H19ClN6O2/c18-11-3-1-9(2-4-11)5-10-6-13(15(26)14(10)25)24-17-12(7-22-24)16(23-19)20-8-21-17/h1-4,7-8,10,13-15,25-26H,5-6,19H2,(H,20,21,23)/t10-,13+,14+,15-/m0/s1. The zero-order valence-corrected chi connectivity index (χ0v) is 14.6. The van der Waals surface area contributed by atoms with Gasteiger partial charge >= 0.3 is 0 Å². The minimum absolute atomic E-state index is 0.0871. The Morgan fingerprint density at radius 1 is 1.27 bits per heavy atom. The number of aliphatic hydroxyl groups excluding tert-OH is 2. The molecule has 0 amide bonds. The largest absolute Gasteiger partial charge is 0.390 e. The third kappa shape index (κ3) is 2.86. The maximum Gasteiger partial charge on any atom is 0.185 e. The lowest BCUT2D eigenvalue weighted by atomic mass is 9.96. The molecule has 1 aliphatic rings. The van der Waals surface area contributed by atoms with E-state index >= 15 is 0 Å². The molecule has 9 heteroatoms. The molecule has 4 atom stereocenters. The average molecular weight is 375 g/mol. The van der Waals surface area contributed by atoms with Crippen LogP contribution in [0.4, 0.5) is 0 Å². The second-order valence-corrected chi connectivity index (χ2v) is 7.02. The molecule has 136 valence electrons. The summed E-state index contributed by atoms with van der Waals surface area (Å²) in [5.41, 5.74) is 2.10. The van der Waals surface area contributed by atoms with E-state index in [1.54, 1.807) is 10.9 Å². The van der Waals surface area contributed by atoms with Crippen LogP contribution in [-0.2, 0) is 6.42 Å². The van der Waals surface area contributed by atoms with Crippen LogP contribution in [0.25, 0.3) is 11.0 Å². The highest BCUT2D eigenvalue weighted by Gasteiger charge is 2.43. The Labute approximate surface area is 153 Å². The van der Waals surface area contributed by atoms with Gasteiger partial charge < -0.3 is 21.0 Å². The summed E-state index contributed by atoms with van der Waals surface area (Å²) in [7, 11) is 0. The fraction of sp³-hybridized carbons (Fsp3) is 0.353. The SMILES string of the molecule is N/N=c1/nc[nH]c2c1cnn2[C@@H]1C[C@H](Cc2ccc(Cl)cc2)[C@@H](O)[C@H]1O. The second-order valence-electron chi connectivity index (χ2n) is 6.58. The first-order valence-corrected chi connectivity index (χ1v) is 8.71. The lowest BCUT2D eigenvalue weighted by Crippen LogP contribution is -2.30. The number of nitrogens with one attached hydrogen (secondary N) is 1. The van der Waals surface area contributed by atoms with Gasteiger partial charge in [0.05, 0.1) is 30.1 Å². The van der Waals surface area contributed by atoms with Crippen LogP contribution in [0.15, 0.2) is 41.9 Å². The van der Waals surface area contributed by atoms with Crippen molar-refractivity contribution < 1.29 is 10.2 Å². The van der Waals surface area contributed by atoms with Gasteiger partial charge in [0.2, 0.25) is 0 Å². The predicted molar refractivity (Wildman–Crippen MR) is 95.9 cm³/mol. The van der Waals surface area contributed by atoms with Crippen LogP contribution >= 0.6 is 11.6 Å². The maximum atomic E-state index is 10.6. The van der Waals surface area contributed by atoms with Crippen LogP contribution in [0.3, 0.4) is 0 Å². The van der Waals surface area contributed by atoms with Crippen molar-refractivity contribution in [1.82, 2.24) is 19.7 Å². The van der Waals surface area contributed by atoms with Crippen molar-refractivity contribution in [3.63, 3.8) is 0 Å². The summed E-state index contributed by atoms with van der Waals surface area (Å²) in [5, 5.41) is 30.5. The lowest BCUT2D eigenvalue weighted by Gasteiger charge is -2.18. The van der Waals surface area contributed by atoms with E-state index in [9.17, 15) is 10.2 Å². The van der Waals surface area contributed by atoms with Crippen LogP contribution in [0.2, 0.25) is 5.02 Å². The van der Waals surface area contributed by atoms with Crippen molar-refractivity contribution in [3.05, 3.63) is 52.9 Å². The highest BCUT2D eigenvalue weighted by Crippen LogP contribution is 2.38. The summed E-state index contributed by atoms with van der Waals surface area (Å²) in [6.45, 7) is 0. The Hall–Kier alpha value is -2.42. The van der Waals surface area contributed by atoms with Crippen molar-refractivity contribution in [1.29, 1.82) is 0 Å². The van der Waals surface area contributed by atoms with Crippen LogP contribution < -0.4 is 11.3 Å². The molecule has 0 spiro atoms. The normalized spacial score (nSPS) is 26.7. The summed E-state index contributed by atoms with van der Waals surface area (Å²) < 4.78 is 1.68.